The zero-order valence-electron chi connectivity index (χ0n) is 11.8. The monoisotopic (exact) mass is 275 g/mol. The molecule has 0 spiro atoms. The Kier molecular flexibility index (Phi) is 12.2. The zero-order chi connectivity index (χ0) is 15.4. The lowest BCUT2D eigenvalue weighted by atomic mass is 10.1. The van der Waals surface area contributed by atoms with Crippen molar-refractivity contribution in [1.29, 1.82) is 0 Å². The number of aliphatic carboxylic acids is 1. The van der Waals surface area contributed by atoms with E-state index in [4.69, 9.17) is 15.9 Å². The van der Waals surface area contributed by atoms with Gasteiger partial charge in [-0.1, -0.05) is 25.8 Å². The standard InChI is InChI=1S/C10H19NO2.C3H6O3/c1-3-4-5-9(12)7-6-8(2)10(11)13;1-2(4)3(5)6/h6,9,12H,3-5,7H2,1-2H3,(H2,11,13);2,4H,1H3,(H,5,6). The van der Waals surface area contributed by atoms with Crippen LogP contribution >= 0.6 is 0 Å². The second-order valence-electron chi connectivity index (χ2n) is 4.30. The largest absolute Gasteiger partial charge is 0.479 e. The second kappa shape index (κ2) is 11.7. The van der Waals surface area contributed by atoms with E-state index in [1.807, 2.05) is 0 Å². The summed E-state index contributed by atoms with van der Waals surface area (Å²) in [6, 6.07) is 0. The van der Waals surface area contributed by atoms with Gasteiger partial charge in [0, 0.05) is 5.57 Å². The molecule has 0 aliphatic heterocycles. The van der Waals surface area contributed by atoms with Gasteiger partial charge in [0.25, 0.3) is 0 Å². The minimum absolute atomic E-state index is 0.339. The maximum Gasteiger partial charge on any atom is 0.332 e. The number of amides is 1. The second-order valence-corrected chi connectivity index (χ2v) is 4.30. The number of carboxylic acid groups (broad SMARTS) is 1. The molecule has 112 valence electrons. The molecular weight excluding hydrogens is 250 g/mol. The van der Waals surface area contributed by atoms with Gasteiger partial charge in [-0.2, -0.15) is 0 Å². The number of unbranched alkanes of at least 4 members (excludes halogenated alkanes) is 1. The lowest BCUT2D eigenvalue weighted by molar-refractivity contribution is -0.145. The van der Waals surface area contributed by atoms with Crippen molar-refractivity contribution >= 4 is 11.9 Å². The molecule has 0 aliphatic carbocycles. The zero-order valence-corrected chi connectivity index (χ0v) is 11.8. The number of rotatable bonds is 7. The molecule has 6 heteroatoms. The first kappa shape index (κ1) is 19.9. The molecule has 0 radical (unpaired) electrons. The number of carbonyl (C=O) groups is 2. The first-order valence-corrected chi connectivity index (χ1v) is 6.27. The number of aliphatic hydroxyl groups excluding tert-OH is 2. The maximum atomic E-state index is 10.6. The van der Waals surface area contributed by atoms with Crippen LogP contribution in [0.25, 0.3) is 0 Å². The average molecular weight is 275 g/mol. The van der Waals surface area contributed by atoms with Crippen molar-refractivity contribution < 1.29 is 24.9 Å². The normalized spacial score (nSPS) is 14.1. The Morgan fingerprint density at radius 3 is 2.11 bits per heavy atom. The SMILES string of the molecule is CC(O)C(=O)O.CCCCC(O)CC=C(C)C(N)=O. The van der Waals surface area contributed by atoms with Crippen molar-refractivity contribution in [1.82, 2.24) is 0 Å². The van der Waals surface area contributed by atoms with Gasteiger partial charge in [0.05, 0.1) is 6.10 Å². The van der Waals surface area contributed by atoms with Crippen molar-refractivity contribution in [3.63, 3.8) is 0 Å². The van der Waals surface area contributed by atoms with E-state index in [9.17, 15) is 14.7 Å². The fourth-order valence-electron chi connectivity index (χ4n) is 0.971. The third kappa shape index (κ3) is 14.5. The lowest BCUT2D eigenvalue weighted by Gasteiger charge is -2.06. The molecule has 5 N–H and O–H groups in total. The highest BCUT2D eigenvalue weighted by Gasteiger charge is 2.03. The summed E-state index contributed by atoms with van der Waals surface area (Å²) in [6.45, 7) is 4.94. The average Bonchev–Trinajstić information content (AvgIpc) is 2.33. The van der Waals surface area contributed by atoms with E-state index in [2.05, 4.69) is 6.92 Å². The fraction of sp³-hybridized carbons (Fsp3) is 0.692. The van der Waals surface area contributed by atoms with Gasteiger partial charge in [-0.15, -0.1) is 0 Å². The Hall–Kier alpha value is -1.40. The molecule has 0 heterocycles. The smallest absolute Gasteiger partial charge is 0.332 e. The molecule has 2 unspecified atom stereocenters. The van der Waals surface area contributed by atoms with Crippen LogP contribution in [-0.2, 0) is 9.59 Å². The molecule has 0 rings (SSSR count). The van der Waals surface area contributed by atoms with E-state index >= 15 is 0 Å². The third-order valence-corrected chi connectivity index (χ3v) is 2.33. The maximum absolute atomic E-state index is 10.6. The highest BCUT2D eigenvalue weighted by molar-refractivity contribution is 5.91. The predicted octanol–water partition coefficient (Wildman–Crippen LogP) is 0.811. The summed E-state index contributed by atoms with van der Waals surface area (Å²) >= 11 is 0. The molecule has 0 aromatic heterocycles. The highest BCUT2D eigenvalue weighted by atomic mass is 16.4. The quantitative estimate of drug-likeness (QED) is 0.512. The molecule has 0 aromatic carbocycles. The van der Waals surface area contributed by atoms with E-state index in [0.29, 0.717) is 12.0 Å². The van der Waals surface area contributed by atoms with Gasteiger partial charge in [0.2, 0.25) is 5.91 Å². The minimum atomic E-state index is -1.23. The number of primary amides is 1. The Bertz CT molecular complexity index is 299. The van der Waals surface area contributed by atoms with Crippen molar-refractivity contribution in [3.8, 4) is 0 Å². The van der Waals surface area contributed by atoms with Gasteiger partial charge in [-0.05, 0) is 26.7 Å². The fourth-order valence-corrected chi connectivity index (χ4v) is 0.971. The number of hydrogen-bond acceptors (Lipinski definition) is 4. The number of nitrogens with two attached hydrogens (primary N) is 1. The Morgan fingerprint density at radius 2 is 1.79 bits per heavy atom. The van der Waals surface area contributed by atoms with Gasteiger partial charge in [-0.3, -0.25) is 4.79 Å². The van der Waals surface area contributed by atoms with Crippen molar-refractivity contribution in [2.24, 2.45) is 5.73 Å². The van der Waals surface area contributed by atoms with E-state index in [1.54, 1.807) is 13.0 Å². The number of hydrogen-bond donors (Lipinski definition) is 4. The number of aliphatic hydroxyl groups is 2. The molecule has 0 aromatic rings. The van der Waals surface area contributed by atoms with Crippen molar-refractivity contribution in [2.45, 2.75) is 58.7 Å². The number of carbonyl (C=O) groups excluding carboxylic acids is 1. The van der Waals surface area contributed by atoms with Crippen LogP contribution in [0.15, 0.2) is 11.6 Å². The topological polar surface area (TPSA) is 121 Å². The first-order valence-electron chi connectivity index (χ1n) is 6.27. The van der Waals surface area contributed by atoms with E-state index < -0.39 is 18.0 Å². The molecule has 0 saturated heterocycles. The summed E-state index contributed by atoms with van der Waals surface area (Å²) in [7, 11) is 0. The summed E-state index contributed by atoms with van der Waals surface area (Å²) in [5, 5.41) is 25.2. The molecule has 1 amide bonds. The van der Waals surface area contributed by atoms with Gasteiger partial charge in [0.1, 0.15) is 6.10 Å². The van der Waals surface area contributed by atoms with Crippen LogP contribution in [0.4, 0.5) is 0 Å². The Balaban J connectivity index is 0. The van der Waals surface area contributed by atoms with E-state index in [1.165, 1.54) is 6.92 Å². The Labute approximate surface area is 113 Å². The van der Waals surface area contributed by atoms with Crippen LogP contribution in [0, 0.1) is 0 Å². The first-order chi connectivity index (χ1) is 8.72. The van der Waals surface area contributed by atoms with Crippen LogP contribution in [-0.4, -0.2) is 39.4 Å². The molecule has 19 heavy (non-hydrogen) atoms. The van der Waals surface area contributed by atoms with Gasteiger partial charge in [-0.25, -0.2) is 4.79 Å². The Morgan fingerprint density at radius 1 is 1.32 bits per heavy atom. The molecule has 0 aliphatic rings. The number of carboxylic acids is 1. The van der Waals surface area contributed by atoms with Gasteiger partial charge >= 0.3 is 5.97 Å². The molecule has 2 atom stereocenters. The molecule has 0 bridgehead atoms. The molecule has 6 nitrogen and oxygen atoms in total. The van der Waals surface area contributed by atoms with E-state index in [0.717, 1.165) is 19.3 Å². The van der Waals surface area contributed by atoms with Crippen LogP contribution in [0.3, 0.4) is 0 Å². The highest BCUT2D eigenvalue weighted by Crippen LogP contribution is 2.06. The summed E-state index contributed by atoms with van der Waals surface area (Å²) in [5.41, 5.74) is 5.56. The van der Waals surface area contributed by atoms with Crippen molar-refractivity contribution in [3.05, 3.63) is 11.6 Å². The van der Waals surface area contributed by atoms with Gasteiger partial charge < -0.3 is 21.1 Å². The van der Waals surface area contributed by atoms with Crippen LogP contribution in [0.2, 0.25) is 0 Å². The summed E-state index contributed by atoms with van der Waals surface area (Å²) in [4.78, 5) is 20.0. The lowest BCUT2D eigenvalue weighted by Crippen LogP contribution is -2.13. The summed E-state index contributed by atoms with van der Waals surface area (Å²) in [6.07, 6.45) is 3.54. The summed E-state index contributed by atoms with van der Waals surface area (Å²) < 4.78 is 0. The van der Waals surface area contributed by atoms with Gasteiger partial charge in [0.15, 0.2) is 0 Å². The molecular formula is C13H25NO5. The predicted molar refractivity (Wildman–Crippen MR) is 72.4 cm³/mol. The van der Waals surface area contributed by atoms with Crippen LogP contribution in [0.1, 0.15) is 46.5 Å². The van der Waals surface area contributed by atoms with E-state index in [-0.39, 0.29) is 6.10 Å². The minimum Gasteiger partial charge on any atom is -0.479 e. The van der Waals surface area contributed by atoms with Crippen LogP contribution < -0.4 is 5.73 Å². The third-order valence-electron chi connectivity index (χ3n) is 2.33. The molecule has 0 fully saturated rings. The molecule has 0 saturated carbocycles. The summed E-state index contributed by atoms with van der Waals surface area (Å²) in [5.74, 6) is -1.60. The van der Waals surface area contributed by atoms with Crippen molar-refractivity contribution in [2.75, 3.05) is 0 Å². The van der Waals surface area contributed by atoms with Crippen LogP contribution in [0.5, 0.6) is 0 Å².